The number of nitrogens with zero attached hydrogens (tertiary/aromatic N) is 3. The van der Waals surface area contributed by atoms with E-state index in [9.17, 15) is 4.79 Å². The number of hydrogen-bond donors (Lipinski definition) is 2. The average molecular weight is 283 g/mol. The summed E-state index contributed by atoms with van der Waals surface area (Å²) < 4.78 is 1.59. The van der Waals surface area contributed by atoms with Crippen LogP contribution in [0.25, 0.3) is 11.2 Å². The summed E-state index contributed by atoms with van der Waals surface area (Å²) in [7, 11) is 0. The second kappa shape index (κ2) is 5.05. The largest absolute Gasteiger partial charge is 0.382 e. The fourth-order valence-corrected chi connectivity index (χ4v) is 2.24. The first-order chi connectivity index (χ1) is 10.1. The Labute approximate surface area is 121 Å². The van der Waals surface area contributed by atoms with Crippen molar-refractivity contribution in [3.63, 3.8) is 0 Å². The molecule has 3 aromatic rings. The van der Waals surface area contributed by atoms with E-state index in [1.807, 2.05) is 44.2 Å². The third-order valence-corrected chi connectivity index (χ3v) is 3.37. The Morgan fingerprint density at radius 3 is 2.62 bits per heavy atom. The van der Waals surface area contributed by atoms with Gasteiger partial charge in [-0.15, -0.1) is 0 Å². The van der Waals surface area contributed by atoms with Crippen molar-refractivity contribution >= 4 is 17.0 Å². The number of fused-ring (bicyclic) bond motifs is 1. The van der Waals surface area contributed by atoms with Gasteiger partial charge in [-0.1, -0.05) is 44.2 Å². The van der Waals surface area contributed by atoms with E-state index in [0.29, 0.717) is 29.4 Å². The summed E-state index contributed by atoms with van der Waals surface area (Å²) >= 11 is 0. The number of rotatable bonds is 3. The summed E-state index contributed by atoms with van der Waals surface area (Å²) in [5, 5.41) is 0. The quantitative estimate of drug-likeness (QED) is 0.768. The van der Waals surface area contributed by atoms with E-state index in [1.54, 1.807) is 4.57 Å². The van der Waals surface area contributed by atoms with Gasteiger partial charge in [-0.25, -0.2) is 14.8 Å². The zero-order valence-corrected chi connectivity index (χ0v) is 12.0. The maximum Gasteiger partial charge on any atom is 0.328 e. The minimum absolute atomic E-state index is 0.145. The van der Waals surface area contributed by atoms with Crippen LogP contribution in [0.1, 0.15) is 31.2 Å². The zero-order chi connectivity index (χ0) is 15.0. The average Bonchev–Trinajstić information content (AvgIpc) is 2.77. The van der Waals surface area contributed by atoms with Gasteiger partial charge in [0.15, 0.2) is 11.5 Å². The Morgan fingerprint density at radius 1 is 1.24 bits per heavy atom. The fraction of sp³-hybridized carbons (Fsp3) is 0.267. The molecule has 0 atom stereocenters. The standard InChI is InChI=1S/C15H17N5O/c1-9(2)13-18-12(16)11-14(19-13)20(15(21)17-11)8-10-6-4-3-5-7-10/h3-7,9H,8H2,1-2H3,(H,17,21)(H2,16,18,19). The number of aromatic amines is 1. The Hall–Kier alpha value is -2.63. The van der Waals surface area contributed by atoms with Crippen LogP contribution in [-0.4, -0.2) is 19.5 Å². The molecule has 0 unspecified atom stereocenters. The van der Waals surface area contributed by atoms with Gasteiger partial charge in [-0.3, -0.25) is 4.57 Å². The van der Waals surface area contributed by atoms with Crippen molar-refractivity contribution < 1.29 is 0 Å². The maximum absolute atomic E-state index is 12.2. The Balaban J connectivity index is 2.18. The lowest BCUT2D eigenvalue weighted by molar-refractivity contribution is 0.751. The second-order valence-corrected chi connectivity index (χ2v) is 5.32. The summed E-state index contributed by atoms with van der Waals surface area (Å²) in [6, 6.07) is 9.77. The summed E-state index contributed by atoms with van der Waals surface area (Å²) in [6.07, 6.45) is 0. The highest BCUT2D eigenvalue weighted by Crippen LogP contribution is 2.18. The molecule has 6 heteroatoms. The molecule has 0 radical (unpaired) electrons. The van der Waals surface area contributed by atoms with Crippen molar-refractivity contribution in [2.45, 2.75) is 26.3 Å². The molecule has 0 amide bonds. The molecule has 108 valence electrons. The van der Waals surface area contributed by atoms with E-state index < -0.39 is 0 Å². The molecule has 6 nitrogen and oxygen atoms in total. The number of nitrogen functional groups attached to an aromatic ring is 1. The fourth-order valence-electron chi connectivity index (χ4n) is 2.24. The van der Waals surface area contributed by atoms with E-state index in [2.05, 4.69) is 15.0 Å². The van der Waals surface area contributed by atoms with Gasteiger partial charge in [0, 0.05) is 5.92 Å². The van der Waals surface area contributed by atoms with Crippen LogP contribution in [-0.2, 0) is 6.54 Å². The monoisotopic (exact) mass is 283 g/mol. The molecule has 0 aliphatic rings. The van der Waals surface area contributed by atoms with Crippen LogP contribution < -0.4 is 11.4 Å². The molecule has 0 aliphatic carbocycles. The molecule has 3 N–H and O–H groups in total. The molecule has 1 aromatic carbocycles. The Kier molecular flexibility index (Phi) is 3.21. The van der Waals surface area contributed by atoms with Gasteiger partial charge in [-0.05, 0) is 5.56 Å². The van der Waals surface area contributed by atoms with E-state index in [1.165, 1.54) is 0 Å². The number of benzene rings is 1. The number of nitrogens with one attached hydrogen (secondary N) is 1. The van der Waals surface area contributed by atoms with Gasteiger partial charge in [0.25, 0.3) is 0 Å². The molecule has 2 heterocycles. The molecule has 21 heavy (non-hydrogen) atoms. The van der Waals surface area contributed by atoms with Gasteiger partial charge >= 0.3 is 5.69 Å². The van der Waals surface area contributed by atoms with Crippen molar-refractivity contribution in [3.05, 3.63) is 52.2 Å². The Bertz CT molecular complexity index is 832. The SMILES string of the molecule is CC(C)c1nc(N)c2[nH]c(=O)n(Cc3ccccc3)c2n1. The number of anilines is 1. The zero-order valence-electron chi connectivity index (χ0n) is 12.0. The van der Waals surface area contributed by atoms with Crippen LogP contribution in [0, 0.1) is 0 Å². The third-order valence-electron chi connectivity index (χ3n) is 3.37. The van der Waals surface area contributed by atoms with Gasteiger partial charge in [0.05, 0.1) is 6.54 Å². The molecule has 3 rings (SSSR count). The predicted octanol–water partition coefficient (Wildman–Crippen LogP) is 1.87. The normalized spacial score (nSPS) is 11.4. The lowest BCUT2D eigenvalue weighted by Gasteiger charge is -2.07. The molecule has 0 saturated carbocycles. The van der Waals surface area contributed by atoms with Crippen molar-refractivity contribution in [2.75, 3.05) is 5.73 Å². The first-order valence-corrected chi connectivity index (χ1v) is 6.86. The van der Waals surface area contributed by atoms with Gasteiger partial charge < -0.3 is 10.7 Å². The molecular formula is C15H17N5O. The van der Waals surface area contributed by atoms with Crippen molar-refractivity contribution in [3.8, 4) is 0 Å². The second-order valence-electron chi connectivity index (χ2n) is 5.32. The molecule has 0 bridgehead atoms. The third kappa shape index (κ3) is 2.40. The first-order valence-electron chi connectivity index (χ1n) is 6.86. The highest BCUT2D eigenvalue weighted by atomic mass is 16.1. The van der Waals surface area contributed by atoms with Crippen LogP contribution in [0.4, 0.5) is 5.82 Å². The van der Waals surface area contributed by atoms with Gasteiger partial charge in [0.2, 0.25) is 0 Å². The highest BCUT2D eigenvalue weighted by Gasteiger charge is 2.15. The molecule has 0 fully saturated rings. The van der Waals surface area contributed by atoms with E-state index in [0.717, 1.165) is 5.56 Å². The van der Waals surface area contributed by atoms with Gasteiger partial charge in [-0.2, -0.15) is 0 Å². The number of imidazole rings is 1. The first kappa shape index (κ1) is 13.4. The van der Waals surface area contributed by atoms with E-state index in [4.69, 9.17) is 5.73 Å². The highest BCUT2D eigenvalue weighted by molar-refractivity contribution is 5.81. The summed E-state index contributed by atoms with van der Waals surface area (Å²) in [6.45, 7) is 4.44. The summed E-state index contributed by atoms with van der Waals surface area (Å²) in [4.78, 5) is 23.6. The smallest absolute Gasteiger partial charge is 0.328 e. The molecule has 0 saturated heterocycles. The van der Waals surface area contributed by atoms with Crippen molar-refractivity contribution in [2.24, 2.45) is 0 Å². The molecule has 2 aromatic heterocycles. The topological polar surface area (TPSA) is 89.6 Å². The van der Waals surface area contributed by atoms with Crippen molar-refractivity contribution in [1.29, 1.82) is 0 Å². The Morgan fingerprint density at radius 2 is 1.95 bits per heavy atom. The minimum Gasteiger partial charge on any atom is -0.382 e. The van der Waals surface area contributed by atoms with Crippen LogP contribution in [0.15, 0.2) is 35.1 Å². The van der Waals surface area contributed by atoms with E-state index >= 15 is 0 Å². The summed E-state index contributed by atoms with van der Waals surface area (Å²) in [5.74, 6) is 1.10. The maximum atomic E-state index is 12.2. The van der Waals surface area contributed by atoms with Crippen LogP contribution in [0.3, 0.4) is 0 Å². The minimum atomic E-state index is -0.226. The van der Waals surface area contributed by atoms with Gasteiger partial charge in [0.1, 0.15) is 11.3 Å². The van der Waals surface area contributed by atoms with Crippen LogP contribution in [0.2, 0.25) is 0 Å². The van der Waals surface area contributed by atoms with E-state index in [-0.39, 0.29) is 11.6 Å². The number of H-pyrrole nitrogens is 1. The van der Waals surface area contributed by atoms with Crippen molar-refractivity contribution in [1.82, 2.24) is 19.5 Å². The molecule has 0 aliphatic heterocycles. The van der Waals surface area contributed by atoms with Crippen LogP contribution in [0.5, 0.6) is 0 Å². The lowest BCUT2D eigenvalue weighted by atomic mass is 10.2. The molecule has 0 spiro atoms. The lowest BCUT2D eigenvalue weighted by Crippen LogP contribution is -2.18. The molecular weight excluding hydrogens is 266 g/mol. The number of nitrogens with two attached hydrogens (primary N) is 1. The van der Waals surface area contributed by atoms with Crippen LogP contribution >= 0.6 is 0 Å². The summed E-state index contributed by atoms with van der Waals surface area (Å²) in [5.41, 5.74) is 7.80. The predicted molar refractivity (Wildman–Crippen MR) is 82.2 cm³/mol. The number of hydrogen-bond acceptors (Lipinski definition) is 4. The number of aromatic nitrogens is 4.